The molecule has 1 aromatic heterocycles. The Kier molecular flexibility index (Phi) is 5.69. The third-order valence-electron chi connectivity index (χ3n) is 3.63. The second-order valence-corrected chi connectivity index (χ2v) is 6.45. The number of rotatable bonds is 7. The Morgan fingerprint density at radius 1 is 1.12 bits per heavy atom. The number of hydrogen-bond donors (Lipinski definition) is 3. The van der Waals surface area contributed by atoms with Crippen LogP contribution in [-0.2, 0) is 11.2 Å². The highest BCUT2D eigenvalue weighted by molar-refractivity contribution is 7.99. The number of aromatic amines is 1. The summed E-state index contributed by atoms with van der Waals surface area (Å²) < 4.78 is 0. The highest BCUT2D eigenvalue weighted by Gasteiger charge is 2.16. The van der Waals surface area contributed by atoms with Crippen LogP contribution >= 0.6 is 11.8 Å². The average molecular weight is 353 g/mol. The van der Waals surface area contributed by atoms with Crippen molar-refractivity contribution in [3.63, 3.8) is 0 Å². The first-order valence-corrected chi connectivity index (χ1v) is 8.88. The third kappa shape index (κ3) is 5.09. The van der Waals surface area contributed by atoms with Gasteiger partial charge in [-0.2, -0.15) is 4.98 Å². The minimum Gasteiger partial charge on any atom is -0.368 e. The number of nitrogens with zero attached hydrogens (tertiary/aromatic N) is 2. The van der Waals surface area contributed by atoms with Crippen LogP contribution in [0.1, 0.15) is 17.2 Å². The van der Waals surface area contributed by atoms with Gasteiger partial charge in [0.1, 0.15) is 0 Å². The van der Waals surface area contributed by atoms with E-state index in [9.17, 15) is 4.79 Å². The fourth-order valence-electron chi connectivity index (χ4n) is 2.48. The van der Waals surface area contributed by atoms with Crippen LogP contribution < -0.4 is 11.1 Å². The standard InChI is InChI=1S/C18H19N5OS/c19-17-21-18(23-22-17)25-12-16(24)20-15(14-9-5-2-6-10-14)11-13-7-3-1-4-8-13/h1-10,15H,11-12H2,(H,20,24)(H3,19,21,22,23)/t15-/m1/s1. The lowest BCUT2D eigenvalue weighted by atomic mass is 9.99. The van der Waals surface area contributed by atoms with Crippen molar-refractivity contribution in [1.29, 1.82) is 0 Å². The molecule has 3 rings (SSSR count). The zero-order valence-electron chi connectivity index (χ0n) is 13.6. The normalized spacial score (nSPS) is 11.8. The number of anilines is 1. The van der Waals surface area contributed by atoms with E-state index >= 15 is 0 Å². The molecule has 0 unspecified atom stereocenters. The van der Waals surface area contributed by atoms with Crippen LogP contribution in [0.2, 0.25) is 0 Å². The number of thioether (sulfide) groups is 1. The van der Waals surface area contributed by atoms with Gasteiger partial charge in [-0.15, -0.1) is 5.10 Å². The van der Waals surface area contributed by atoms with E-state index in [0.29, 0.717) is 5.16 Å². The van der Waals surface area contributed by atoms with Crippen molar-refractivity contribution in [2.45, 2.75) is 17.6 Å². The lowest BCUT2D eigenvalue weighted by Crippen LogP contribution is -2.31. The van der Waals surface area contributed by atoms with Gasteiger partial charge in [0.25, 0.3) is 0 Å². The topological polar surface area (TPSA) is 96.7 Å². The van der Waals surface area contributed by atoms with Crippen molar-refractivity contribution in [3.8, 4) is 0 Å². The number of nitrogens with two attached hydrogens (primary N) is 1. The van der Waals surface area contributed by atoms with E-state index in [1.807, 2.05) is 48.5 Å². The molecule has 3 aromatic rings. The largest absolute Gasteiger partial charge is 0.368 e. The molecule has 7 heteroatoms. The molecule has 0 saturated heterocycles. The molecule has 1 atom stereocenters. The highest BCUT2D eigenvalue weighted by atomic mass is 32.2. The number of carbonyl (C=O) groups is 1. The number of carbonyl (C=O) groups excluding carboxylic acids is 1. The first kappa shape index (κ1) is 17.0. The summed E-state index contributed by atoms with van der Waals surface area (Å²) in [6, 6.07) is 20.0. The number of hydrogen-bond acceptors (Lipinski definition) is 5. The number of aromatic nitrogens is 3. The van der Waals surface area contributed by atoms with Crippen LogP contribution in [0.4, 0.5) is 5.95 Å². The Bertz CT molecular complexity index is 807. The van der Waals surface area contributed by atoms with Gasteiger partial charge in [-0.1, -0.05) is 72.4 Å². The van der Waals surface area contributed by atoms with Crippen LogP contribution in [-0.4, -0.2) is 26.8 Å². The number of nitrogens with one attached hydrogen (secondary N) is 2. The second-order valence-electron chi connectivity index (χ2n) is 5.51. The van der Waals surface area contributed by atoms with Crippen LogP contribution in [0.5, 0.6) is 0 Å². The monoisotopic (exact) mass is 353 g/mol. The SMILES string of the molecule is Nc1nc(SCC(=O)N[C@H](Cc2ccccc2)c2ccccc2)n[nH]1. The smallest absolute Gasteiger partial charge is 0.230 e. The lowest BCUT2D eigenvalue weighted by molar-refractivity contribution is -0.119. The summed E-state index contributed by atoms with van der Waals surface area (Å²) in [5.74, 6) is 0.405. The Morgan fingerprint density at radius 2 is 1.80 bits per heavy atom. The Hall–Kier alpha value is -2.80. The van der Waals surface area contributed by atoms with Crippen LogP contribution in [0.25, 0.3) is 0 Å². The van der Waals surface area contributed by atoms with Crippen molar-refractivity contribution in [2.75, 3.05) is 11.5 Å². The van der Waals surface area contributed by atoms with Gasteiger partial charge in [-0.05, 0) is 17.5 Å². The molecule has 0 radical (unpaired) electrons. The second kappa shape index (κ2) is 8.34. The van der Waals surface area contributed by atoms with Gasteiger partial charge < -0.3 is 11.1 Å². The molecule has 6 nitrogen and oxygen atoms in total. The van der Waals surface area contributed by atoms with Gasteiger partial charge in [-0.3, -0.25) is 4.79 Å². The predicted octanol–water partition coefficient (Wildman–Crippen LogP) is 2.58. The molecule has 0 fully saturated rings. The molecule has 0 aliphatic rings. The summed E-state index contributed by atoms with van der Waals surface area (Å²) in [7, 11) is 0. The van der Waals surface area contributed by atoms with Crippen molar-refractivity contribution in [2.24, 2.45) is 0 Å². The van der Waals surface area contributed by atoms with Gasteiger partial charge >= 0.3 is 0 Å². The summed E-state index contributed by atoms with van der Waals surface area (Å²) in [6.07, 6.45) is 0.731. The van der Waals surface area contributed by atoms with Gasteiger partial charge in [-0.25, -0.2) is 5.10 Å². The van der Waals surface area contributed by atoms with Crippen molar-refractivity contribution in [3.05, 3.63) is 71.8 Å². The zero-order chi connectivity index (χ0) is 17.5. The molecule has 0 bridgehead atoms. The molecule has 0 aliphatic carbocycles. The Labute approximate surface area is 150 Å². The first-order valence-electron chi connectivity index (χ1n) is 7.89. The van der Waals surface area contributed by atoms with E-state index in [-0.39, 0.29) is 23.7 Å². The summed E-state index contributed by atoms with van der Waals surface area (Å²) in [5, 5.41) is 10.0. The predicted molar refractivity (Wildman–Crippen MR) is 99.0 cm³/mol. The van der Waals surface area contributed by atoms with Gasteiger partial charge in [0.05, 0.1) is 11.8 Å². The summed E-state index contributed by atoms with van der Waals surface area (Å²) in [6.45, 7) is 0. The van der Waals surface area contributed by atoms with E-state index in [4.69, 9.17) is 5.73 Å². The van der Waals surface area contributed by atoms with Gasteiger partial charge in [0, 0.05) is 0 Å². The maximum Gasteiger partial charge on any atom is 0.230 e. The van der Waals surface area contributed by atoms with Crippen molar-refractivity contribution < 1.29 is 4.79 Å². The molecule has 0 saturated carbocycles. The van der Waals surface area contributed by atoms with E-state index in [1.54, 1.807) is 0 Å². The van der Waals surface area contributed by atoms with E-state index in [0.717, 1.165) is 12.0 Å². The Morgan fingerprint density at radius 3 is 2.44 bits per heavy atom. The minimum absolute atomic E-state index is 0.0712. The molecule has 0 spiro atoms. The minimum atomic E-state index is -0.0890. The van der Waals surface area contributed by atoms with Crippen LogP contribution in [0.15, 0.2) is 65.8 Å². The summed E-state index contributed by atoms with van der Waals surface area (Å²) in [5.41, 5.74) is 7.73. The molecule has 1 amide bonds. The van der Waals surface area contributed by atoms with Gasteiger partial charge in [0.15, 0.2) is 0 Å². The summed E-state index contributed by atoms with van der Waals surface area (Å²) >= 11 is 1.25. The molecule has 4 N–H and O–H groups in total. The lowest BCUT2D eigenvalue weighted by Gasteiger charge is -2.19. The quantitative estimate of drug-likeness (QED) is 0.567. The van der Waals surface area contributed by atoms with E-state index < -0.39 is 0 Å². The third-order valence-corrected chi connectivity index (χ3v) is 4.48. The van der Waals surface area contributed by atoms with E-state index in [1.165, 1.54) is 17.3 Å². The first-order chi connectivity index (χ1) is 12.2. The fraction of sp³-hybridized carbons (Fsp3) is 0.167. The maximum absolute atomic E-state index is 12.4. The Balaban J connectivity index is 1.65. The molecule has 0 aliphatic heterocycles. The molecule has 25 heavy (non-hydrogen) atoms. The molecular weight excluding hydrogens is 334 g/mol. The molecular formula is C18H19N5OS. The molecule has 2 aromatic carbocycles. The molecule has 1 heterocycles. The van der Waals surface area contributed by atoms with Crippen LogP contribution in [0.3, 0.4) is 0 Å². The van der Waals surface area contributed by atoms with Gasteiger partial charge in [0.2, 0.25) is 17.0 Å². The van der Waals surface area contributed by atoms with Crippen LogP contribution in [0, 0.1) is 0 Å². The maximum atomic E-state index is 12.4. The highest BCUT2D eigenvalue weighted by Crippen LogP contribution is 2.19. The summed E-state index contributed by atoms with van der Waals surface area (Å²) in [4.78, 5) is 16.3. The number of H-pyrrole nitrogens is 1. The average Bonchev–Trinajstić information content (AvgIpc) is 3.06. The number of nitrogen functional groups attached to an aromatic ring is 1. The van der Waals surface area contributed by atoms with Crippen molar-refractivity contribution in [1.82, 2.24) is 20.5 Å². The number of benzene rings is 2. The van der Waals surface area contributed by atoms with Crippen molar-refractivity contribution >= 4 is 23.6 Å². The van der Waals surface area contributed by atoms with E-state index in [2.05, 4.69) is 32.6 Å². The number of amides is 1. The molecule has 128 valence electrons. The fourth-order valence-corrected chi connectivity index (χ4v) is 3.09. The zero-order valence-corrected chi connectivity index (χ0v) is 14.4.